The normalized spacial score (nSPS) is 22.0. The van der Waals surface area contributed by atoms with E-state index in [1.807, 2.05) is 0 Å². The second-order valence-corrected chi connectivity index (χ2v) is 4.26. The Morgan fingerprint density at radius 3 is 2.71 bits per heavy atom. The molecule has 0 aliphatic heterocycles. The van der Waals surface area contributed by atoms with Crippen LogP contribution in [0.25, 0.3) is 0 Å². The van der Waals surface area contributed by atoms with Gasteiger partial charge in [-0.05, 0) is 31.0 Å². The lowest BCUT2D eigenvalue weighted by Gasteiger charge is -2.06. The topological polar surface area (TPSA) is 66.4 Å². The monoisotopic (exact) mass is 237 g/mol. The molecule has 5 heteroatoms. The Bertz CT molecular complexity index is 487. The lowest BCUT2D eigenvalue weighted by Crippen LogP contribution is -2.17. The van der Waals surface area contributed by atoms with Gasteiger partial charge in [0.1, 0.15) is 5.82 Å². The highest BCUT2D eigenvalue weighted by atomic mass is 19.1. The van der Waals surface area contributed by atoms with Gasteiger partial charge in [-0.25, -0.2) is 4.39 Å². The zero-order chi connectivity index (χ0) is 12.6. The first-order valence-corrected chi connectivity index (χ1v) is 5.29. The number of aryl methyl sites for hydroxylation is 1. The number of nitrogens with one attached hydrogen (secondary N) is 1. The van der Waals surface area contributed by atoms with Gasteiger partial charge in [-0.1, -0.05) is 6.07 Å². The highest BCUT2D eigenvalue weighted by Gasteiger charge is 2.48. The van der Waals surface area contributed by atoms with Crippen LogP contribution in [-0.2, 0) is 9.59 Å². The van der Waals surface area contributed by atoms with Crippen LogP contribution < -0.4 is 5.32 Å². The van der Waals surface area contributed by atoms with Crippen molar-refractivity contribution in [3.8, 4) is 0 Å². The molecule has 0 spiro atoms. The number of anilines is 1. The van der Waals surface area contributed by atoms with Crippen LogP contribution in [0.5, 0.6) is 0 Å². The van der Waals surface area contributed by atoms with Crippen LogP contribution in [0.4, 0.5) is 10.1 Å². The summed E-state index contributed by atoms with van der Waals surface area (Å²) in [5, 5.41) is 11.1. The van der Waals surface area contributed by atoms with Crippen molar-refractivity contribution < 1.29 is 19.1 Å². The van der Waals surface area contributed by atoms with E-state index in [9.17, 15) is 14.0 Å². The average Bonchev–Trinajstić information content (AvgIpc) is 3.03. The predicted octanol–water partition coefficient (Wildman–Crippen LogP) is 1.79. The first-order chi connectivity index (χ1) is 7.99. The molecule has 2 atom stereocenters. The molecule has 2 rings (SSSR count). The van der Waals surface area contributed by atoms with Crippen molar-refractivity contribution in [1.29, 1.82) is 0 Å². The van der Waals surface area contributed by atoms with Crippen molar-refractivity contribution in [2.24, 2.45) is 11.8 Å². The van der Waals surface area contributed by atoms with Crippen LogP contribution in [0, 0.1) is 24.6 Å². The number of carboxylic acids is 1. The number of carbonyl (C=O) groups is 2. The van der Waals surface area contributed by atoms with Gasteiger partial charge in [0.25, 0.3) is 0 Å². The molecule has 0 unspecified atom stereocenters. The minimum atomic E-state index is -0.977. The molecule has 1 saturated carbocycles. The zero-order valence-electron chi connectivity index (χ0n) is 9.24. The van der Waals surface area contributed by atoms with Gasteiger partial charge >= 0.3 is 5.97 Å². The number of amides is 1. The van der Waals surface area contributed by atoms with E-state index in [2.05, 4.69) is 5.32 Å². The number of halogens is 1. The van der Waals surface area contributed by atoms with E-state index in [4.69, 9.17) is 5.11 Å². The van der Waals surface area contributed by atoms with Crippen molar-refractivity contribution in [3.05, 3.63) is 29.6 Å². The van der Waals surface area contributed by atoms with Gasteiger partial charge in [0, 0.05) is 0 Å². The lowest BCUT2D eigenvalue weighted by molar-refractivity contribution is -0.139. The number of benzene rings is 1. The molecule has 0 heterocycles. The summed E-state index contributed by atoms with van der Waals surface area (Å²) in [4.78, 5) is 22.2. The van der Waals surface area contributed by atoms with Gasteiger partial charge < -0.3 is 10.4 Å². The number of hydrogen-bond acceptors (Lipinski definition) is 2. The largest absolute Gasteiger partial charge is 0.481 e. The maximum Gasteiger partial charge on any atom is 0.307 e. The van der Waals surface area contributed by atoms with Gasteiger partial charge in [-0.3, -0.25) is 9.59 Å². The molecule has 4 nitrogen and oxygen atoms in total. The van der Waals surface area contributed by atoms with E-state index in [1.54, 1.807) is 13.0 Å². The Hall–Kier alpha value is -1.91. The molecule has 1 aliphatic carbocycles. The molecule has 0 aromatic heterocycles. The Morgan fingerprint density at radius 1 is 1.41 bits per heavy atom. The number of carbonyl (C=O) groups excluding carboxylic acids is 1. The SMILES string of the molecule is Cc1ccc(F)c(NC(=O)[C@H]2C[C@H]2C(=O)O)c1. The third kappa shape index (κ3) is 2.43. The molecule has 2 N–H and O–H groups in total. The standard InChI is InChI=1S/C12H12FNO3/c1-6-2-3-9(13)10(4-6)14-11(15)7-5-8(7)12(16)17/h2-4,7-8H,5H2,1H3,(H,14,15)(H,16,17)/t7-,8+/m0/s1. The number of rotatable bonds is 3. The molecule has 1 amide bonds. The molecule has 90 valence electrons. The summed E-state index contributed by atoms with van der Waals surface area (Å²) in [5.41, 5.74) is 0.929. The summed E-state index contributed by atoms with van der Waals surface area (Å²) in [6.07, 6.45) is 0.328. The molecule has 0 bridgehead atoms. The minimum absolute atomic E-state index is 0.103. The Balaban J connectivity index is 2.04. The Kier molecular flexibility index (Phi) is 2.83. The molecule has 0 saturated heterocycles. The smallest absolute Gasteiger partial charge is 0.307 e. The summed E-state index contributed by atoms with van der Waals surface area (Å²) in [6.45, 7) is 1.78. The first kappa shape index (κ1) is 11.6. The second kappa shape index (κ2) is 4.16. The van der Waals surface area contributed by atoms with E-state index in [0.717, 1.165) is 5.56 Å². The second-order valence-electron chi connectivity index (χ2n) is 4.26. The first-order valence-electron chi connectivity index (χ1n) is 5.29. The molecule has 17 heavy (non-hydrogen) atoms. The van der Waals surface area contributed by atoms with Gasteiger partial charge in [0.2, 0.25) is 5.91 Å². The highest BCUT2D eigenvalue weighted by molar-refractivity contribution is 5.98. The van der Waals surface area contributed by atoms with Gasteiger partial charge in [0.05, 0.1) is 17.5 Å². The van der Waals surface area contributed by atoms with Crippen LogP contribution in [0.1, 0.15) is 12.0 Å². The fourth-order valence-corrected chi connectivity index (χ4v) is 1.72. The van der Waals surface area contributed by atoms with Crippen LogP contribution >= 0.6 is 0 Å². The Morgan fingerprint density at radius 2 is 2.12 bits per heavy atom. The number of carboxylic acid groups (broad SMARTS) is 1. The molecule has 1 aromatic rings. The fourth-order valence-electron chi connectivity index (χ4n) is 1.72. The van der Waals surface area contributed by atoms with E-state index in [0.29, 0.717) is 6.42 Å². The predicted molar refractivity (Wildman–Crippen MR) is 59.0 cm³/mol. The van der Waals surface area contributed by atoms with Crippen molar-refractivity contribution in [2.45, 2.75) is 13.3 Å². The van der Waals surface area contributed by atoms with Crippen molar-refractivity contribution in [1.82, 2.24) is 0 Å². The third-order valence-corrected chi connectivity index (χ3v) is 2.82. The van der Waals surface area contributed by atoms with Crippen molar-refractivity contribution in [2.75, 3.05) is 5.32 Å². The van der Waals surface area contributed by atoms with Crippen molar-refractivity contribution in [3.63, 3.8) is 0 Å². The van der Waals surface area contributed by atoms with Crippen LogP contribution in [0.15, 0.2) is 18.2 Å². The quantitative estimate of drug-likeness (QED) is 0.842. The van der Waals surface area contributed by atoms with E-state index >= 15 is 0 Å². The maximum atomic E-state index is 13.3. The van der Waals surface area contributed by atoms with Gasteiger partial charge in [-0.2, -0.15) is 0 Å². The summed E-state index contributed by atoms with van der Waals surface area (Å²) in [7, 11) is 0. The van der Waals surface area contributed by atoms with Crippen LogP contribution in [0.3, 0.4) is 0 Å². The zero-order valence-corrected chi connectivity index (χ0v) is 9.24. The molecule has 0 radical (unpaired) electrons. The number of aliphatic carboxylic acids is 1. The maximum absolute atomic E-state index is 13.3. The highest BCUT2D eigenvalue weighted by Crippen LogP contribution is 2.39. The molecular formula is C12H12FNO3. The van der Waals surface area contributed by atoms with Crippen molar-refractivity contribution >= 4 is 17.6 Å². The summed E-state index contributed by atoms with van der Waals surface area (Å²) in [6, 6.07) is 4.39. The van der Waals surface area contributed by atoms with Crippen LogP contribution in [-0.4, -0.2) is 17.0 Å². The number of hydrogen-bond donors (Lipinski definition) is 2. The average molecular weight is 237 g/mol. The Labute approximate surface area is 97.4 Å². The minimum Gasteiger partial charge on any atom is -0.481 e. The fraction of sp³-hybridized carbons (Fsp3) is 0.333. The summed E-state index contributed by atoms with van der Waals surface area (Å²) < 4.78 is 13.3. The van der Waals surface area contributed by atoms with E-state index < -0.39 is 29.5 Å². The van der Waals surface area contributed by atoms with E-state index in [-0.39, 0.29) is 5.69 Å². The lowest BCUT2D eigenvalue weighted by atomic mass is 10.2. The third-order valence-electron chi connectivity index (χ3n) is 2.82. The molecule has 1 aromatic carbocycles. The molecule has 1 aliphatic rings. The van der Waals surface area contributed by atoms with Gasteiger partial charge in [0.15, 0.2) is 0 Å². The summed E-state index contributed by atoms with van der Waals surface area (Å²) in [5.74, 6) is -3.08. The van der Waals surface area contributed by atoms with Crippen LogP contribution in [0.2, 0.25) is 0 Å². The van der Waals surface area contributed by atoms with Gasteiger partial charge in [-0.15, -0.1) is 0 Å². The van der Waals surface area contributed by atoms with E-state index in [1.165, 1.54) is 12.1 Å². The molecular weight excluding hydrogens is 225 g/mol. The molecule has 1 fully saturated rings. The summed E-state index contributed by atoms with van der Waals surface area (Å²) >= 11 is 0.